The largest absolute Gasteiger partial charge is 0.396 e. The Bertz CT molecular complexity index is 471. The van der Waals surface area contributed by atoms with Gasteiger partial charge in [0.25, 0.3) is 0 Å². The highest BCUT2D eigenvalue weighted by molar-refractivity contribution is 5.58. The molecule has 1 N–H and O–H groups in total. The van der Waals surface area contributed by atoms with Crippen LogP contribution in [0.1, 0.15) is 11.5 Å². The third kappa shape index (κ3) is 2.41. The van der Waals surface area contributed by atoms with Crippen molar-refractivity contribution < 1.29 is 5.11 Å². The smallest absolute Gasteiger partial charge is 0.131 e. The summed E-state index contributed by atoms with van der Waals surface area (Å²) in [5.74, 6) is 0.675. The van der Waals surface area contributed by atoms with E-state index in [0.717, 1.165) is 17.0 Å². The van der Waals surface area contributed by atoms with E-state index < -0.39 is 0 Å². The second-order valence-electron chi connectivity index (χ2n) is 3.52. The molecule has 0 aromatic carbocycles. The normalized spacial score (nSPS) is 10.4. The van der Waals surface area contributed by atoms with Crippen LogP contribution in [0.3, 0.4) is 0 Å². The Kier molecular flexibility index (Phi) is 3.22. The Labute approximate surface area is 94.0 Å². The Morgan fingerprint density at radius 1 is 1.19 bits per heavy atom. The highest BCUT2D eigenvalue weighted by atomic mass is 16.3. The lowest BCUT2D eigenvalue weighted by Gasteiger charge is -2.04. The standard InChI is InChI=1S/C12H13N3O/c1-9-8-11(10-2-5-13-6-3-10)15-12(14-9)4-7-16/h2-3,5-6,8,16H,4,7H2,1H3. The number of aliphatic hydroxyl groups excluding tert-OH is 1. The first-order chi connectivity index (χ1) is 7.79. The highest BCUT2D eigenvalue weighted by Crippen LogP contribution is 2.16. The highest BCUT2D eigenvalue weighted by Gasteiger charge is 2.03. The van der Waals surface area contributed by atoms with Gasteiger partial charge in [-0.25, -0.2) is 9.97 Å². The lowest BCUT2D eigenvalue weighted by Crippen LogP contribution is -2.01. The van der Waals surface area contributed by atoms with E-state index in [0.29, 0.717) is 12.2 Å². The van der Waals surface area contributed by atoms with Crippen LogP contribution < -0.4 is 0 Å². The van der Waals surface area contributed by atoms with Gasteiger partial charge in [0.05, 0.1) is 12.3 Å². The van der Waals surface area contributed by atoms with Crippen LogP contribution in [0.4, 0.5) is 0 Å². The molecule has 16 heavy (non-hydrogen) atoms. The molecular weight excluding hydrogens is 202 g/mol. The topological polar surface area (TPSA) is 58.9 Å². The number of nitrogens with zero attached hydrogens (tertiary/aromatic N) is 3. The SMILES string of the molecule is Cc1cc(-c2ccncc2)nc(CCO)n1. The van der Waals surface area contributed by atoms with E-state index in [4.69, 9.17) is 5.11 Å². The van der Waals surface area contributed by atoms with Crippen molar-refractivity contribution >= 4 is 0 Å². The molecule has 2 aromatic heterocycles. The molecule has 2 heterocycles. The molecule has 4 nitrogen and oxygen atoms in total. The molecule has 0 unspecified atom stereocenters. The van der Waals surface area contributed by atoms with Gasteiger partial charge in [-0.05, 0) is 25.1 Å². The van der Waals surface area contributed by atoms with Gasteiger partial charge in [0.2, 0.25) is 0 Å². The molecule has 0 bridgehead atoms. The second-order valence-corrected chi connectivity index (χ2v) is 3.52. The summed E-state index contributed by atoms with van der Waals surface area (Å²) in [6.45, 7) is 1.99. The maximum Gasteiger partial charge on any atom is 0.131 e. The zero-order valence-electron chi connectivity index (χ0n) is 9.09. The molecule has 0 saturated carbocycles. The van der Waals surface area contributed by atoms with E-state index in [-0.39, 0.29) is 6.61 Å². The fraction of sp³-hybridized carbons (Fsp3) is 0.250. The van der Waals surface area contributed by atoms with Crippen molar-refractivity contribution in [1.82, 2.24) is 15.0 Å². The average molecular weight is 215 g/mol. The van der Waals surface area contributed by atoms with E-state index >= 15 is 0 Å². The van der Waals surface area contributed by atoms with Crippen LogP contribution in [0.2, 0.25) is 0 Å². The van der Waals surface area contributed by atoms with E-state index in [9.17, 15) is 0 Å². The lowest BCUT2D eigenvalue weighted by atomic mass is 10.1. The predicted molar refractivity (Wildman–Crippen MR) is 60.8 cm³/mol. The van der Waals surface area contributed by atoms with Crippen molar-refractivity contribution in [3.63, 3.8) is 0 Å². The van der Waals surface area contributed by atoms with Gasteiger partial charge in [-0.2, -0.15) is 0 Å². The summed E-state index contributed by atoms with van der Waals surface area (Å²) in [6.07, 6.45) is 3.96. The Morgan fingerprint density at radius 2 is 1.94 bits per heavy atom. The van der Waals surface area contributed by atoms with Crippen LogP contribution in [0, 0.1) is 6.92 Å². The fourth-order valence-corrected chi connectivity index (χ4v) is 1.51. The first kappa shape index (κ1) is 10.7. The number of aliphatic hydroxyl groups is 1. The van der Waals surface area contributed by atoms with Gasteiger partial charge in [0.1, 0.15) is 5.82 Å². The maximum atomic E-state index is 8.88. The first-order valence-corrected chi connectivity index (χ1v) is 5.15. The molecule has 82 valence electrons. The molecule has 0 aliphatic rings. The Morgan fingerprint density at radius 3 is 2.62 bits per heavy atom. The monoisotopic (exact) mass is 215 g/mol. The quantitative estimate of drug-likeness (QED) is 0.840. The molecule has 0 fully saturated rings. The zero-order chi connectivity index (χ0) is 11.4. The number of pyridine rings is 1. The van der Waals surface area contributed by atoms with Crippen molar-refractivity contribution in [2.45, 2.75) is 13.3 Å². The summed E-state index contributed by atoms with van der Waals surface area (Å²) in [5.41, 5.74) is 2.79. The van der Waals surface area contributed by atoms with Crippen molar-refractivity contribution in [2.75, 3.05) is 6.61 Å². The predicted octanol–water partition coefficient (Wildman–Crippen LogP) is 1.38. The Balaban J connectivity index is 2.41. The van der Waals surface area contributed by atoms with E-state index in [1.54, 1.807) is 12.4 Å². The minimum atomic E-state index is 0.0687. The van der Waals surface area contributed by atoms with Crippen molar-refractivity contribution in [1.29, 1.82) is 0 Å². The number of rotatable bonds is 3. The zero-order valence-corrected chi connectivity index (χ0v) is 9.09. The molecule has 0 radical (unpaired) electrons. The molecule has 0 spiro atoms. The van der Waals surface area contributed by atoms with Crippen LogP contribution in [-0.2, 0) is 6.42 Å². The lowest BCUT2D eigenvalue weighted by molar-refractivity contribution is 0.296. The average Bonchev–Trinajstić information content (AvgIpc) is 2.30. The number of hydrogen-bond donors (Lipinski definition) is 1. The van der Waals surface area contributed by atoms with Gasteiger partial charge < -0.3 is 5.11 Å². The third-order valence-electron chi connectivity index (χ3n) is 2.21. The van der Waals surface area contributed by atoms with Crippen LogP contribution in [-0.4, -0.2) is 26.7 Å². The minimum absolute atomic E-state index is 0.0687. The number of aromatic nitrogens is 3. The van der Waals surface area contributed by atoms with Gasteiger partial charge in [-0.3, -0.25) is 4.98 Å². The summed E-state index contributed by atoms with van der Waals surface area (Å²) in [7, 11) is 0. The number of hydrogen-bond acceptors (Lipinski definition) is 4. The molecule has 0 atom stereocenters. The van der Waals surface area contributed by atoms with Crippen LogP contribution in [0.25, 0.3) is 11.3 Å². The summed E-state index contributed by atoms with van der Waals surface area (Å²) < 4.78 is 0. The van der Waals surface area contributed by atoms with Gasteiger partial charge in [-0.15, -0.1) is 0 Å². The first-order valence-electron chi connectivity index (χ1n) is 5.15. The molecule has 0 saturated heterocycles. The van der Waals surface area contributed by atoms with Crippen LogP contribution >= 0.6 is 0 Å². The second kappa shape index (κ2) is 4.81. The van der Waals surface area contributed by atoms with Crippen LogP contribution in [0.5, 0.6) is 0 Å². The van der Waals surface area contributed by atoms with Gasteiger partial charge in [-0.1, -0.05) is 0 Å². The molecule has 2 aromatic rings. The van der Waals surface area contributed by atoms with Gasteiger partial charge >= 0.3 is 0 Å². The molecule has 0 aliphatic carbocycles. The van der Waals surface area contributed by atoms with Gasteiger partial charge in [0, 0.05) is 30.1 Å². The summed E-state index contributed by atoms with van der Waals surface area (Å²) in [4.78, 5) is 12.6. The summed E-state index contributed by atoms with van der Waals surface area (Å²) in [6, 6.07) is 5.74. The summed E-state index contributed by atoms with van der Waals surface area (Å²) >= 11 is 0. The van der Waals surface area contributed by atoms with Crippen molar-refractivity contribution in [3.05, 3.63) is 42.1 Å². The van der Waals surface area contributed by atoms with Crippen LogP contribution in [0.15, 0.2) is 30.6 Å². The van der Waals surface area contributed by atoms with Crippen molar-refractivity contribution in [3.8, 4) is 11.3 Å². The van der Waals surface area contributed by atoms with E-state index in [1.807, 2.05) is 25.1 Å². The molecule has 0 amide bonds. The molecule has 0 aliphatic heterocycles. The third-order valence-corrected chi connectivity index (χ3v) is 2.21. The van der Waals surface area contributed by atoms with E-state index in [2.05, 4.69) is 15.0 Å². The molecule has 4 heteroatoms. The minimum Gasteiger partial charge on any atom is -0.396 e. The van der Waals surface area contributed by atoms with Gasteiger partial charge in [0.15, 0.2) is 0 Å². The van der Waals surface area contributed by atoms with Crippen molar-refractivity contribution in [2.24, 2.45) is 0 Å². The molecular formula is C12H13N3O. The maximum absolute atomic E-state index is 8.88. The van der Waals surface area contributed by atoms with E-state index in [1.165, 1.54) is 0 Å². The molecule has 2 rings (SSSR count). The fourth-order valence-electron chi connectivity index (χ4n) is 1.51. The number of aryl methyl sites for hydroxylation is 1. The Hall–Kier alpha value is -1.81. The summed E-state index contributed by atoms with van der Waals surface area (Å²) in [5, 5.41) is 8.88.